The smallest absolute Gasteiger partial charge is 0.0872 e. The van der Waals surface area contributed by atoms with Crippen molar-refractivity contribution in [1.29, 1.82) is 0 Å². The molecule has 2 heteroatoms. The third-order valence-electron chi connectivity index (χ3n) is 4.92. The van der Waals surface area contributed by atoms with Gasteiger partial charge in [0.05, 0.1) is 11.6 Å². The van der Waals surface area contributed by atoms with Crippen LogP contribution in [-0.2, 0) is 11.2 Å². The Bertz CT molecular complexity index is 423. The molecule has 1 aliphatic carbocycles. The van der Waals surface area contributed by atoms with Crippen molar-refractivity contribution in [3.05, 3.63) is 35.4 Å². The van der Waals surface area contributed by atoms with E-state index in [-0.39, 0.29) is 5.60 Å². The van der Waals surface area contributed by atoms with Crippen LogP contribution in [0, 0.1) is 0 Å². The summed E-state index contributed by atoms with van der Waals surface area (Å²) in [5, 5.41) is 3.77. The molecule has 0 aliphatic heterocycles. The molecule has 1 unspecified atom stereocenters. The lowest BCUT2D eigenvalue weighted by Crippen LogP contribution is -2.47. The Kier molecular flexibility index (Phi) is 6.25. The lowest BCUT2D eigenvalue weighted by Gasteiger charge is -2.43. The number of hydrogen-bond acceptors (Lipinski definition) is 2. The molecule has 1 N–H and O–H groups in total. The van der Waals surface area contributed by atoms with E-state index in [0.29, 0.717) is 6.04 Å². The minimum Gasteiger partial charge on any atom is -0.376 e. The Morgan fingerprint density at radius 1 is 1.19 bits per heavy atom. The Morgan fingerprint density at radius 3 is 2.57 bits per heavy atom. The third kappa shape index (κ3) is 3.87. The molecule has 1 aliphatic rings. The van der Waals surface area contributed by atoms with Crippen molar-refractivity contribution >= 4 is 0 Å². The lowest BCUT2D eigenvalue weighted by molar-refractivity contribution is -0.0687. The largest absolute Gasteiger partial charge is 0.376 e. The molecule has 2 rings (SSSR count). The SMILES string of the molecule is CCCNC(c1cccc(CC)c1)C1(OC)CCCCC1. The van der Waals surface area contributed by atoms with E-state index in [0.717, 1.165) is 19.4 Å². The summed E-state index contributed by atoms with van der Waals surface area (Å²) in [6.45, 7) is 5.50. The highest BCUT2D eigenvalue weighted by atomic mass is 16.5. The maximum atomic E-state index is 6.10. The van der Waals surface area contributed by atoms with E-state index in [1.807, 2.05) is 7.11 Å². The molecule has 0 bridgehead atoms. The summed E-state index contributed by atoms with van der Waals surface area (Å²) < 4.78 is 6.10. The Hall–Kier alpha value is -0.860. The monoisotopic (exact) mass is 289 g/mol. The van der Waals surface area contributed by atoms with Crippen LogP contribution in [0.4, 0.5) is 0 Å². The summed E-state index contributed by atoms with van der Waals surface area (Å²) in [6.07, 6.45) is 8.50. The Labute approximate surface area is 130 Å². The van der Waals surface area contributed by atoms with E-state index in [2.05, 4.69) is 43.4 Å². The first-order chi connectivity index (χ1) is 10.3. The molecule has 1 fully saturated rings. The first kappa shape index (κ1) is 16.5. The van der Waals surface area contributed by atoms with Crippen LogP contribution in [0.5, 0.6) is 0 Å². The molecule has 0 aromatic heterocycles. The number of nitrogens with one attached hydrogen (secondary N) is 1. The highest BCUT2D eigenvalue weighted by Gasteiger charge is 2.40. The van der Waals surface area contributed by atoms with Crippen molar-refractivity contribution in [2.45, 2.75) is 70.4 Å². The molecule has 0 radical (unpaired) electrons. The van der Waals surface area contributed by atoms with Crippen LogP contribution in [-0.4, -0.2) is 19.3 Å². The number of aryl methyl sites for hydroxylation is 1. The molecule has 118 valence electrons. The Morgan fingerprint density at radius 2 is 1.95 bits per heavy atom. The van der Waals surface area contributed by atoms with Gasteiger partial charge in [-0.2, -0.15) is 0 Å². The van der Waals surface area contributed by atoms with Gasteiger partial charge in [-0.25, -0.2) is 0 Å². The molecular formula is C19H31NO. The summed E-state index contributed by atoms with van der Waals surface area (Å²) in [6, 6.07) is 9.36. The summed E-state index contributed by atoms with van der Waals surface area (Å²) in [4.78, 5) is 0. The summed E-state index contributed by atoms with van der Waals surface area (Å²) >= 11 is 0. The number of benzene rings is 1. The van der Waals surface area contributed by atoms with Gasteiger partial charge in [-0.05, 0) is 43.4 Å². The van der Waals surface area contributed by atoms with E-state index in [9.17, 15) is 0 Å². The molecule has 1 aromatic carbocycles. The van der Waals surface area contributed by atoms with Crippen LogP contribution in [0.2, 0.25) is 0 Å². The fourth-order valence-corrected chi connectivity index (χ4v) is 3.65. The number of rotatable bonds is 7. The minimum absolute atomic E-state index is 0.0280. The summed E-state index contributed by atoms with van der Waals surface area (Å²) in [5.74, 6) is 0. The molecule has 0 saturated heterocycles. The highest BCUT2D eigenvalue weighted by molar-refractivity contribution is 5.28. The van der Waals surface area contributed by atoms with Crippen molar-refractivity contribution in [3.63, 3.8) is 0 Å². The maximum absolute atomic E-state index is 6.10. The van der Waals surface area contributed by atoms with E-state index < -0.39 is 0 Å². The number of hydrogen-bond donors (Lipinski definition) is 1. The molecule has 1 atom stereocenters. The van der Waals surface area contributed by atoms with Gasteiger partial charge in [0.1, 0.15) is 0 Å². The topological polar surface area (TPSA) is 21.3 Å². The van der Waals surface area contributed by atoms with Gasteiger partial charge in [-0.1, -0.05) is 57.4 Å². The van der Waals surface area contributed by atoms with Crippen LogP contribution in [0.1, 0.15) is 69.5 Å². The molecular weight excluding hydrogens is 258 g/mol. The fourth-order valence-electron chi connectivity index (χ4n) is 3.65. The second-order valence-electron chi connectivity index (χ2n) is 6.32. The first-order valence-corrected chi connectivity index (χ1v) is 8.63. The normalized spacial score (nSPS) is 19.4. The van der Waals surface area contributed by atoms with Crippen LogP contribution in [0.25, 0.3) is 0 Å². The highest BCUT2D eigenvalue weighted by Crippen LogP contribution is 2.41. The van der Waals surface area contributed by atoms with Gasteiger partial charge >= 0.3 is 0 Å². The van der Waals surface area contributed by atoms with Gasteiger partial charge in [0.15, 0.2) is 0 Å². The van der Waals surface area contributed by atoms with Crippen molar-refractivity contribution < 1.29 is 4.74 Å². The standard InChI is InChI=1S/C19H31NO/c1-4-14-20-18(17-11-9-10-16(5-2)15-17)19(21-3)12-7-6-8-13-19/h9-11,15,18,20H,4-8,12-14H2,1-3H3. The third-order valence-corrected chi connectivity index (χ3v) is 4.92. The van der Waals surface area contributed by atoms with Gasteiger partial charge < -0.3 is 10.1 Å². The van der Waals surface area contributed by atoms with Gasteiger partial charge in [0.2, 0.25) is 0 Å². The van der Waals surface area contributed by atoms with Crippen molar-refractivity contribution in [2.75, 3.05) is 13.7 Å². The van der Waals surface area contributed by atoms with Gasteiger partial charge in [0.25, 0.3) is 0 Å². The van der Waals surface area contributed by atoms with E-state index >= 15 is 0 Å². The van der Waals surface area contributed by atoms with Gasteiger partial charge in [-0.3, -0.25) is 0 Å². The van der Waals surface area contributed by atoms with Crippen LogP contribution in [0.15, 0.2) is 24.3 Å². The first-order valence-electron chi connectivity index (χ1n) is 8.63. The van der Waals surface area contributed by atoms with E-state index in [1.165, 1.54) is 43.2 Å². The molecule has 21 heavy (non-hydrogen) atoms. The summed E-state index contributed by atoms with van der Waals surface area (Å²) in [5.41, 5.74) is 2.78. The van der Waals surface area contributed by atoms with Crippen molar-refractivity contribution in [2.24, 2.45) is 0 Å². The predicted molar refractivity (Wildman–Crippen MR) is 89.7 cm³/mol. The van der Waals surface area contributed by atoms with Crippen molar-refractivity contribution in [3.8, 4) is 0 Å². The van der Waals surface area contributed by atoms with Gasteiger partial charge in [-0.15, -0.1) is 0 Å². The molecule has 0 amide bonds. The second-order valence-corrected chi connectivity index (χ2v) is 6.32. The van der Waals surface area contributed by atoms with Crippen LogP contribution < -0.4 is 5.32 Å². The molecule has 0 spiro atoms. The quantitative estimate of drug-likeness (QED) is 0.789. The molecule has 0 heterocycles. The number of ether oxygens (including phenoxy) is 1. The Balaban J connectivity index is 2.31. The second kappa shape index (κ2) is 7.95. The molecule has 1 saturated carbocycles. The zero-order valence-corrected chi connectivity index (χ0v) is 14.0. The van der Waals surface area contributed by atoms with Crippen molar-refractivity contribution in [1.82, 2.24) is 5.32 Å². The zero-order valence-electron chi connectivity index (χ0n) is 14.0. The average Bonchev–Trinajstić information content (AvgIpc) is 2.56. The van der Waals surface area contributed by atoms with Crippen LogP contribution >= 0.6 is 0 Å². The maximum Gasteiger partial charge on any atom is 0.0872 e. The predicted octanol–water partition coefficient (Wildman–Crippen LogP) is 4.64. The average molecular weight is 289 g/mol. The zero-order chi connectivity index (χ0) is 15.1. The minimum atomic E-state index is -0.0280. The number of methoxy groups -OCH3 is 1. The lowest BCUT2D eigenvalue weighted by atomic mass is 9.76. The molecule has 1 aromatic rings. The summed E-state index contributed by atoms with van der Waals surface area (Å²) in [7, 11) is 1.90. The van der Waals surface area contributed by atoms with E-state index in [4.69, 9.17) is 4.74 Å². The fraction of sp³-hybridized carbons (Fsp3) is 0.684. The molecule has 2 nitrogen and oxygen atoms in total. The van der Waals surface area contributed by atoms with Crippen LogP contribution in [0.3, 0.4) is 0 Å². The van der Waals surface area contributed by atoms with E-state index in [1.54, 1.807) is 0 Å². The van der Waals surface area contributed by atoms with Gasteiger partial charge in [0, 0.05) is 7.11 Å².